The Morgan fingerprint density at radius 2 is 1.88 bits per heavy atom. The van der Waals surface area contributed by atoms with Crippen LogP contribution in [0.5, 0.6) is 11.5 Å². The molecule has 0 heterocycles. The zero-order valence-electron chi connectivity index (χ0n) is 16.1. The lowest BCUT2D eigenvalue weighted by atomic mass is 9.80. The van der Waals surface area contributed by atoms with E-state index < -0.39 is 5.97 Å². The number of carboxylic acids is 1. The minimum absolute atomic E-state index is 0.619. The lowest BCUT2D eigenvalue weighted by Gasteiger charge is -2.28. The Balaban J connectivity index is 1.81. The van der Waals surface area contributed by atoms with E-state index in [1.807, 2.05) is 12.1 Å². The van der Waals surface area contributed by atoms with Crippen molar-refractivity contribution in [1.82, 2.24) is 0 Å². The monoisotopic (exact) mass is 360 g/mol. The molecule has 0 atom stereocenters. The van der Waals surface area contributed by atoms with Crippen molar-refractivity contribution < 1.29 is 19.4 Å². The van der Waals surface area contributed by atoms with Crippen LogP contribution in [0.4, 0.5) is 0 Å². The summed E-state index contributed by atoms with van der Waals surface area (Å²) >= 11 is 0. The van der Waals surface area contributed by atoms with E-state index in [9.17, 15) is 4.79 Å². The molecular formula is C22H32O4. The van der Waals surface area contributed by atoms with Crippen LogP contribution in [0.25, 0.3) is 6.08 Å². The molecule has 1 aromatic rings. The molecule has 0 amide bonds. The Kier molecular flexibility index (Phi) is 8.52. The summed E-state index contributed by atoms with van der Waals surface area (Å²) in [5.41, 5.74) is 0.782. The molecule has 1 fully saturated rings. The highest BCUT2D eigenvalue weighted by molar-refractivity contribution is 5.85. The number of methoxy groups -OCH3 is 1. The number of unbranched alkanes of at least 4 members (excludes halogenated alkanes) is 2. The Bertz CT molecular complexity index is 586. The zero-order valence-corrected chi connectivity index (χ0v) is 16.1. The van der Waals surface area contributed by atoms with Crippen molar-refractivity contribution in [3.8, 4) is 11.5 Å². The highest BCUT2D eigenvalue weighted by Gasteiger charge is 2.21. The van der Waals surface area contributed by atoms with Gasteiger partial charge in [0.25, 0.3) is 0 Å². The van der Waals surface area contributed by atoms with Crippen LogP contribution in [0.2, 0.25) is 0 Å². The highest BCUT2D eigenvalue weighted by atomic mass is 16.5. The molecule has 0 radical (unpaired) electrons. The number of ether oxygens (including phenoxy) is 2. The quantitative estimate of drug-likeness (QED) is 0.438. The minimum Gasteiger partial charge on any atom is -0.493 e. The lowest BCUT2D eigenvalue weighted by molar-refractivity contribution is -0.131. The normalized spacial score (nSPS) is 20.2. The smallest absolute Gasteiger partial charge is 0.328 e. The molecule has 1 N–H and O–H groups in total. The largest absolute Gasteiger partial charge is 0.493 e. The van der Waals surface area contributed by atoms with Crippen molar-refractivity contribution in [2.75, 3.05) is 13.7 Å². The molecule has 1 aliphatic rings. The summed E-state index contributed by atoms with van der Waals surface area (Å²) in [5, 5.41) is 8.72. The van der Waals surface area contributed by atoms with Crippen LogP contribution in [-0.2, 0) is 4.79 Å². The fourth-order valence-electron chi connectivity index (χ4n) is 3.65. The molecule has 0 spiro atoms. The molecule has 0 aromatic heterocycles. The summed E-state index contributed by atoms with van der Waals surface area (Å²) in [4.78, 5) is 10.6. The van der Waals surface area contributed by atoms with E-state index in [0.29, 0.717) is 11.7 Å². The molecule has 2 rings (SSSR count). The van der Waals surface area contributed by atoms with Gasteiger partial charge in [-0.05, 0) is 48.4 Å². The SMILES string of the molecule is CCCCC[C@H]1CC[C@H](COc2ccc(/C=C/C(=O)O)cc2OC)CC1. The molecule has 1 aromatic carbocycles. The molecule has 1 saturated carbocycles. The summed E-state index contributed by atoms with van der Waals surface area (Å²) in [7, 11) is 1.61. The predicted molar refractivity (Wildman–Crippen MR) is 105 cm³/mol. The fraction of sp³-hybridized carbons (Fsp3) is 0.591. The molecule has 1 aliphatic carbocycles. The van der Waals surface area contributed by atoms with E-state index in [0.717, 1.165) is 29.9 Å². The molecule has 144 valence electrons. The van der Waals surface area contributed by atoms with Gasteiger partial charge in [-0.25, -0.2) is 4.79 Å². The van der Waals surface area contributed by atoms with Crippen molar-refractivity contribution in [2.24, 2.45) is 11.8 Å². The van der Waals surface area contributed by atoms with Crippen LogP contribution in [0.3, 0.4) is 0 Å². The molecule has 4 heteroatoms. The van der Waals surface area contributed by atoms with E-state index >= 15 is 0 Å². The summed E-state index contributed by atoms with van der Waals surface area (Å²) in [6.07, 6.45) is 13.3. The third-order valence-electron chi connectivity index (χ3n) is 5.26. The Hall–Kier alpha value is -1.97. The minimum atomic E-state index is -0.963. The van der Waals surface area contributed by atoms with Crippen molar-refractivity contribution in [3.63, 3.8) is 0 Å². The van der Waals surface area contributed by atoms with Gasteiger partial charge in [0.2, 0.25) is 0 Å². The van der Waals surface area contributed by atoms with Gasteiger partial charge in [-0.2, -0.15) is 0 Å². The summed E-state index contributed by atoms with van der Waals surface area (Å²) < 4.78 is 11.4. The second-order valence-electron chi connectivity index (χ2n) is 7.28. The first-order valence-corrected chi connectivity index (χ1v) is 9.84. The summed E-state index contributed by atoms with van der Waals surface area (Å²) in [6.45, 7) is 2.99. The first-order valence-electron chi connectivity index (χ1n) is 9.84. The van der Waals surface area contributed by atoms with Gasteiger partial charge in [0, 0.05) is 6.08 Å². The first-order chi connectivity index (χ1) is 12.6. The average molecular weight is 360 g/mol. The van der Waals surface area contributed by atoms with Gasteiger partial charge in [-0.15, -0.1) is 0 Å². The Morgan fingerprint density at radius 3 is 2.54 bits per heavy atom. The van der Waals surface area contributed by atoms with Crippen LogP contribution in [0, 0.1) is 11.8 Å². The standard InChI is InChI=1S/C22H32O4/c1-3-4-5-6-17-7-9-19(10-8-17)16-26-20-13-11-18(12-14-22(23)24)15-21(20)25-2/h11-15,17,19H,3-10,16H2,1-2H3,(H,23,24)/b14-12+/t17-,19-. The summed E-state index contributed by atoms with van der Waals surface area (Å²) in [6, 6.07) is 5.51. The number of benzene rings is 1. The topological polar surface area (TPSA) is 55.8 Å². The van der Waals surface area contributed by atoms with Crippen molar-refractivity contribution >= 4 is 12.0 Å². The number of hydrogen-bond acceptors (Lipinski definition) is 3. The van der Waals surface area contributed by atoms with Gasteiger partial charge in [0.15, 0.2) is 11.5 Å². The van der Waals surface area contributed by atoms with E-state index in [4.69, 9.17) is 14.6 Å². The predicted octanol–water partition coefficient (Wildman–Crippen LogP) is 5.56. The zero-order chi connectivity index (χ0) is 18.8. The Labute approximate surface area is 157 Å². The van der Waals surface area contributed by atoms with Crippen molar-refractivity contribution in [2.45, 2.75) is 58.3 Å². The number of aliphatic carboxylic acids is 1. The molecular weight excluding hydrogens is 328 g/mol. The van der Waals surface area contributed by atoms with Crippen LogP contribution in [-0.4, -0.2) is 24.8 Å². The third kappa shape index (κ3) is 6.74. The number of carboxylic acid groups (broad SMARTS) is 1. The molecule has 4 nitrogen and oxygen atoms in total. The summed E-state index contributed by atoms with van der Waals surface area (Å²) in [5.74, 6) is 1.94. The highest BCUT2D eigenvalue weighted by Crippen LogP contribution is 2.34. The maximum absolute atomic E-state index is 10.6. The van der Waals surface area contributed by atoms with Crippen LogP contribution < -0.4 is 9.47 Å². The van der Waals surface area contributed by atoms with E-state index in [1.165, 1.54) is 51.4 Å². The van der Waals surface area contributed by atoms with Crippen molar-refractivity contribution in [1.29, 1.82) is 0 Å². The van der Waals surface area contributed by atoms with Crippen LogP contribution in [0.1, 0.15) is 63.9 Å². The van der Waals surface area contributed by atoms with Gasteiger partial charge >= 0.3 is 5.97 Å². The maximum atomic E-state index is 10.6. The second-order valence-corrected chi connectivity index (χ2v) is 7.28. The number of hydrogen-bond donors (Lipinski definition) is 1. The fourth-order valence-corrected chi connectivity index (χ4v) is 3.65. The third-order valence-corrected chi connectivity index (χ3v) is 5.26. The maximum Gasteiger partial charge on any atom is 0.328 e. The first kappa shape index (κ1) is 20.3. The molecule has 0 aliphatic heterocycles. The molecule has 0 unspecified atom stereocenters. The van der Waals surface area contributed by atoms with E-state index in [1.54, 1.807) is 19.3 Å². The Morgan fingerprint density at radius 1 is 1.15 bits per heavy atom. The van der Waals surface area contributed by atoms with Gasteiger partial charge in [-0.1, -0.05) is 51.5 Å². The molecule has 26 heavy (non-hydrogen) atoms. The van der Waals surface area contributed by atoms with Gasteiger partial charge in [-0.3, -0.25) is 0 Å². The van der Waals surface area contributed by atoms with Crippen LogP contribution >= 0.6 is 0 Å². The second kappa shape index (κ2) is 10.9. The van der Waals surface area contributed by atoms with Crippen LogP contribution in [0.15, 0.2) is 24.3 Å². The average Bonchev–Trinajstić information content (AvgIpc) is 2.66. The molecule has 0 bridgehead atoms. The van der Waals surface area contributed by atoms with Crippen molar-refractivity contribution in [3.05, 3.63) is 29.8 Å². The van der Waals surface area contributed by atoms with E-state index in [2.05, 4.69) is 6.92 Å². The van der Waals surface area contributed by atoms with Gasteiger partial charge < -0.3 is 14.6 Å². The lowest BCUT2D eigenvalue weighted by Crippen LogP contribution is -2.20. The van der Waals surface area contributed by atoms with E-state index in [-0.39, 0.29) is 0 Å². The number of rotatable bonds is 10. The number of carbonyl (C=O) groups is 1. The van der Waals surface area contributed by atoms with Gasteiger partial charge in [0.05, 0.1) is 13.7 Å². The molecule has 0 saturated heterocycles. The van der Waals surface area contributed by atoms with Gasteiger partial charge in [0.1, 0.15) is 0 Å².